The summed E-state index contributed by atoms with van der Waals surface area (Å²) in [5, 5.41) is 7.35. The maximum atomic E-state index is 12.9. The van der Waals surface area contributed by atoms with E-state index in [2.05, 4.69) is 15.2 Å². The number of rotatable bonds is 5. The summed E-state index contributed by atoms with van der Waals surface area (Å²) in [6, 6.07) is 9.46. The van der Waals surface area contributed by atoms with Crippen LogP contribution < -0.4 is 5.73 Å². The molecule has 3 rings (SSSR count). The van der Waals surface area contributed by atoms with E-state index in [0.717, 1.165) is 17.1 Å². The maximum absolute atomic E-state index is 12.9. The molecule has 1 aromatic carbocycles. The number of carbonyl (C=O) groups is 1. The Balaban J connectivity index is 1.88. The lowest BCUT2D eigenvalue weighted by molar-refractivity contribution is 0.0993. The molecule has 0 saturated carbocycles. The molecule has 0 saturated heterocycles. The quantitative estimate of drug-likeness (QED) is 0.522. The van der Waals surface area contributed by atoms with Gasteiger partial charge in [-0.15, -0.1) is 5.10 Å². The summed E-state index contributed by atoms with van der Waals surface area (Å²) in [6.45, 7) is 5.76. The molecule has 2 aromatic heterocycles. The van der Waals surface area contributed by atoms with Gasteiger partial charge in [-0.1, -0.05) is 23.4 Å². The van der Waals surface area contributed by atoms with Crippen molar-refractivity contribution in [1.82, 2.24) is 19.7 Å². The van der Waals surface area contributed by atoms with Crippen LogP contribution in [0.1, 0.15) is 28.7 Å². The van der Waals surface area contributed by atoms with E-state index in [1.165, 1.54) is 11.8 Å². The first-order valence-corrected chi connectivity index (χ1v) is 8.96. The molecule has 8 heteroatoms. The zero-order valence-electron chi connectivity index (χ0n) is 14.1. The average Bonchev–Trinajstić information content (AvgIpc) is 3.11. The molecule has 25 heavy (non-hydrogen) atoms. The van der Waals surface area contributed by atoms with Crippen molar-refractivity contribution in [3.63, 3.8) is 0 Å². The second-order valence-corrected chi connectivity index (χ2v) is 7.47. The lowest BCUT2D eigenvalue weighted by Gasteiger charge is -2.11. The highest BCUT2D eigenvalue weighted by atomic mass is 35.5. The second-order valence-electron chi connectivity index (χ2n) is 5.72. The molecule has 3 aromatic rings. The molecule has 0 unspecified atom stereocenters. The van der Waals surface area contributed by atoms with E-state index in [1.54, 1.807) is 0 Å². The van der Waals surface area contributed by atoms with Gasteiger partial charge in [0.25, 0.3) is 0 Å². The number of benzene rings is 1. The van der Waals surface area contributed by atoms with Crippen LogP contribution in [-0.4, -0.2) is 30.8 Å². The fraction of sp³-hybridized carbons (Fsp3) is 0.235. The highest BCUT2D eigenvalue weighted by Gasteiger charge is 2.23. The van der Waals surface area contributed by atoms with Crippen molar-refractivity contribution in [3.05, 3.63) is 52.3 Å². The standard InChI is InChI=1S/C17H18ClN5OS/c1-9-8-14(10(2)23(9)13-6-4-12(18)5-7-13)15(24)11(3)25-17-20-16(19)21-22-17/h4-8,11H,1-3H3,(H3,19,20,21,22)/t11-/m0/s1. The molecule has 0 aliphatic carbocycles. The van der Waals surface area contributed by atoms with Gasteiger partial charge in [-0.2, -0.15) is 4.98 Å². The molecule has 3 N–H and O–H groups in total. The number of nitrogens with two attached hydrogens (primary N) is 1. The average molecular weight is 376 g/mol. The number of hydrogen-bond acceptors (Lipinski definition) is 5. The normalized spacial score (nSPS) is 12.3. The van der Waals surface area contributed by atoms with Gasteiger partial charge in [0.1, 0.15) is 0 Å². The molecule has 0 bridgehead atoms. The number of halogens is 1. The van der Waals surface area contributed by atoms with Crippen LogP contribution in [0.25, 0.3) is 5.69 Å². The Kier molecular flexibility index (Phi) is 4.87. The number of anilines is 1. The highest BCUT2D eigenvalue weighted by Crippen LogP contribution is 2.27. The van der Waals surface area contributed by atoms with Gasteiger partial charge in [-0.05, 0) is 51.1 Å². The molecular weight excluding hydrogens is 358 g/mol. The number of Topliss-reactive ketones (excluding diaryl/α,β-unsaturated/α-hetero) is 1. The van der Waals surface area contributed by atoms with Crippen molar-refractivity contribution in [2.24, 2.45) is 0 Å². The van der Waals surface area contributed by atoms with E-state index in [-0.39, 0.29) is 17.0 Å². The molecule has 0 aliphatic heterocycles. The summed E-state index contributed by atoms with van der Waals surface area (Å²) in [5.74, 6) is 0.268. The summed E-state index contributed by atoms with van der Waals surface area (Å²) in [6.07, 6.45) is 0. The first kappa shape index (κ1) is 17.6. The Morgan fingerprint density at radius 2 is 2.00 bits per heavy atom. The number of carbonyl (C=O) groups excluding carboxylic acids is 1. The molecule has 6 nitrogen and oxygen atoms in total. The number of thioether (sulfide) groups is 1. The molecule has 0 radical (unpaired) electrons. The van der Waals surface area contributed by atoms with Gasteiger partial charge in [-0.25, -0.2) is 5.10 Å². The Labute approximate surface area is 154 Å². The number of nitrogen functional groups attached to an aromatic ring is 1. The van der Waals surface area contributed by atoms with Gasteiger partial charge in [0, 0.05) is 27.7 Å². The SMILES string of the molecule is Cc1cc(C(=O)[C@H](C)Sc2n[nH]c(N)n2)c(C)n1-c1ccc(Cl)cc1. The minimum atomic E-state index is -0.325. The van der Waals surface area contributed by atoms with Crippen LogP contribution in [-0.2, 0) is 0 Å². The maximum Gasteiger partial charge on any atom is 0.216 e. The molecule has 0 aliphatic rings. The van der Waals surface area contributed by atoms with Crippen molar-refractivity contribution in [2.45, 2.75) is 31.2 Å². The summed E-state index contributed by atoms with van der Waals surface area (Å²) in [7, 11) is 0. The minimum Gasteiger partial charge on any atom is -0.368 e. The van der Waals surface area contributed by atoms with E-state index in [1.807, 2.05) is 55.7 Å². The Bertz CT molecular complexity index is 916. The molecule has 0 fully saturated rings. The number of nitrogens with one attached hydrogen (secondary N) is 1. The highest BCUT2D eigenvalue weighted by molar-refractivity contribution is 8.00. The van der Waals surface area contributed by atoms with Crippen LogP contribution in [0.3, 0.4) is 0 Å². The fourth-order valence-electron chi connectivity index (χ4n) is 2.74. The lowest BCUT2D eigenvalue weighted by Crippen LogP contribution is -2.14. The second kappa shape index (κ2) is 6.93. The molecule has 0 spiro atoms. The van der Waals surface area contributed by atoms with E-state index < -0.39 is 0 Å². The topological polar surface area (TPSA) is 89.6 Å². The monoisotopic (exact) mass is 375 g/mol. The molecule has 1 atom stereocenters. The van der Waals surface area contributed by atoms with Crippen LogP contribution >= 0.6 is 23.4 Å². The number of aryl methyl sites for hydroxylation is 1. The van der Waals surface area contributed by atoms with Crippen LogP contribution in [0, 0.1) is 13.8 Å². The van der Waals surface area contributed by atoms with Gasteiger partial charge < -0.3 is 10.3 Å². The number of ketones is 1. The van der Waals surface area contributed by atoms with Crippen LogP contribution in [0.2, 0.25) is 5.02 Å². The minimum absolute atomic E-state index is 0.0293. The van der Waals surface area contributed by atoms with E-state index >= 15 is 0 Å². The number of aromatic amines is 1. The van der Waals surface area contributed by atoms with Crippen molar-refractivity contribution >= 4 is 35.1 Å². The van der Waals surface area contributed by atoms with E-state index in [0.29, 0.717) is 15.7 Å². The summed E-state index contributed by atoms with van der Waals surface area (Å²) in [4.78, 5) is 16.9. The van der Waals surface area contributed by atoms with Gasteiger partial charge in [0.05, 0.1) is 5.25 Å². The zero-order chi connectivity index (χ0) is 18.1. The lowest BCUT2D eigenvalue weighted by atomic mass is 10.1. The number of aromatic nitrogens is 4. The molecule has 0 amide bonds. The van der Waals surface area contributed by atoms with Crippen molar-refractivity contribution in [2.75, 3.05) is 5.73 Å². The first-order valence-electron chi connectivity index (χ1n) is 7.70. The number of nitrogens with zero attached hydrogens (tertiary/aromatic N) is 3. The fourth-order valence-corrected chi connectivity index (χ4v) is 3.67. The van der Waals surface area contributed by atoms with Crippen molar-refractivity contribution < 1.29 is 4.79 Å². The van der Waals surface area contributed by atoms with E-state index in [9.17, 15) is 4.79 Å². The first-order chi connectivity index (χ1) is 11.9. The molecular formula is C17H18ClN5OS. The van der Waals surface area contributed by atoms with Crippen molar-refractivity contribution in [3.8, 4) is 5.69 Å². The Morgan fingerprint density at radius 3 is 2.60 bits per heavy atom. The Hall–Kier alpha value is -2.25. The summed E-state index contributed by atoms with van der Waals surface area (Å²) >= 11 is 7.24. The third-order valence-corrected chi connectivity index (χ3v) is 5.13. The van der Waals surface area contributed by atoms with Crippen LogP contribution in [0.15, 0.2) is 35.5 Å². The van der Waals surface area contributed by atoms with Gasteiger partial charge in [0.15, 0.2) is 5.78 Å². The van der Waals surface area contributed by atoms with Crippen molar-refractivity contribution in [1.29, 1.82) is 0 Å². The molecule has 2 heterocycles. The molecule has 130 valence electrons. The third-order valence-electron chi connectivity index (χ3n) is 3.92. The summed E-state index contributed by atoms with van der Waals surface area (Å²) < 4.78 is 2.05. The predicted octanol–water partition coefficient (Wildman–Crippen LogP) is 3.81. The van der Waals surface area contributed by atoms with Gasteiger partial charge >= 0.3 is 0 Å². The third kappa shape index (κ3) is 3.57. The number of hydrogen-bond donors (Lipinski definition) is 2. The summed E-state index contributed by atoms with van der Waals surface area (Å²) in [5.41, 5.74) is 9.07. The van der Waals surface area contributed by atoms with Crippen LogP contribution in [0.4, 0.5) is 5.95 Å². The van der Waals surface area contributed by atoms with Gasteiger partial charge in [0.2, 0.25) is 11.1 Å². The van der Waals surface area contributed by atoms with Gasteiger partial charge in [-0.3, -0.25) is 4.79 Å². The van der Waals surface area contributed by atoms with E-state index in [4.69, 9.17) is 17.3 Å². The predicted molar refractivity (Wildman–Crippen MR) is 101 cm³/mol. The zero-order valence-corrected chi connectivity index (χ0v) is 15.6. The Morgan fingerprint density at radius 1 is 1.32 bits per heavy atom. The smallest absolute Gasteiger partial charge is 0.216 e. The number of H-pyrrole nitrogens is 1. The largest absolute Gasteiger partial charge is 0.368 e. The van der Waals surface area contributed by atoms with Crippen LogP contribution in [0.5, 0.6) is 0 Å².